The summed E-state index contributed by atoms with van der Waals surface area (Å²) in [5.74, 6) is -3.92. The van der Waals surface area contributed by atoms with Crippen molar-refractivity contribution in [1.29, 1.82) is 0 Å². The highest BCUT2D eigenvalue weighted by Gasteiger charge is 2.53. The van der Waals surface area contributed by atoms with Crippen LogP contribution in [-0.2, 0) is 33.5 Å². The quantitative estimate of drug-likeness (QED) is 0.130. The van der Waals surface area contributed by atoms with E-state index in [1.807, 2.05) is 72.8 Å². The Labute approximate surface area is 348 Å². The highest BCUT2D eigenvalue weighted by Crippen LogP contribution is 2.40. The van der Waals surface area contributed by atoms with Crippen LogP contribution in [-0.4, -0.2) is 55.6 Å². The molecule has 60 heavy (non-hydrogen) atoms. The van der Waals surface area contributed by atoms with Crippen LogP contribution in [0.4, 0.5) is 0 Å². The molecule has 2 N–H and O–H groups in total. The van der Waals surface area contributed by atoms with Crippen molar-refractivity contribution in [3.63, 3.8) is 0 Å². The summed E-state index contributed by atoms with van der Waals surface area (Å²) in [4.78, 5) is 79.5. The second-order valence-electron chi connectivity index (χ2n) is 16.7. The lowest BCUT2D eigenvalue weighted by atomic mass is 9.88. The van der Waals surface area contributed by atoms with Crippen molar-refractivity contribution in [3.05, 3.63) is 166 Å². The van der Waals surface area contributed by atoms with E-state index in [0.717, 1.165) is 55.3 Å². The standard InChI is InChI=1S/2C25H23NO4/c2*1-15(2)12-16-8-10-19(11-9-16)25(3,24(29)30)26-22(27)20-13-17-6-4-5-7-18(17)14-21(20)23(26)28/h2*4-11,13-15H,12H2,1-3H3,(H,29,30). The molecule has 0 fully saturated rings. The van der Waals surface area contributed by atoms with Gasteiger partial charge in [-0.05, 0) is 107 Å². The van der Waals surface area contributed by atoms with Crippen LogP contribution in [0.25, 0.3) is 21.5 Å². The van der Waals surface area contributed by atoms with Gasteiger partial charge in [-0.25, -0.2) is 9.59 Å². The highest BCUT2D eigenvalue weighted by atomic mass is 16.4. The molecule has 10 nitrogen and oxygen atoms in total. The van der Waals surface area contributed by atoms with Crippen LogP contribution in [0, 0.1) is 11.8 Å². The summed E-state index contributed by atoms with van der Waals surface area (Å²) in [6, 6.07) is 35.8. The van der Waals surface area contributed by atoms with Gasteiger partial charge >= 0.3 is 11.9 Å². The molecule has 2 atom stereocenters. The maximum atomic E-state index is 13.2. The van der Waals surface area contributed by atoms with Crippen molar-refractivity contribution in [2.75, 3.05) is 0 Å². The molecule has 0 aromatic heterocycles. The summed E-state index contributed by atoms with van der Waals surface area (Å²) in [5, 5.41) is 23.5. The summed E-state index contributed by atoms with van der Waals surface area (Å²) in [5.41, 5.74) is 0.273. The van der Waals surface area contributed by atoms with Gasteiger partial charge in [0, 0.05) is 0 Å². The molecule has 2 heterocycles. The maximum absolute atomic E-state index is 13.2. The summed E-state index contributed by atoms with van der Waals surface area (Å²) in [7, 11) is 0. The Kier molecular flexibility index (Phi) is 10.8. The molecule has 0 aliphatic carbocycles. The van der Waals surface area contributed by atoms with E-state index < -0.39 is 46.6 Å². The minimum absolute atomic E-state index is 0.239. The van der Waals surface area contributed by atoms with Gasteiger partial charge < -0.3 is 10.2 Å². The van der Waals surface area contributed by atoms with Crippen molar-refractivity contribution in [1.82, 2.24) is 9.80 Å². The number of benzene rings is 6. The third kappa shape index (κ3) is 7.01. The molecule has 2 aliphatic rings. The van der Waals surface area contributed by atoms with Crippen LogP contribution in [0.2, 0.25) is 0 Å². The van der Waals surface area contributed by atoms with E-state index in [-0.39, 0.29) is 22.3 Å². The van der Waals surface area contributed by atoms with Gasteiger partial charge in [-0.15, -0.1) is 0 Å². The molecule has 0 spiro atoms. The summed E-state index contributed by atoms with van der Waals surface area (Å²) >= 11 is 0. The zero-order valence-corrected chi connectivity index (χ0v) is 34.4. The number of aliphatic carboxylic acids is 2. The van der Waals surface area contributed by atoms with E-state index in [4.69, 9.17) is 0 Å². The third-order valence-electron chi connectivity index (χ3n) is 11.6. The van der Waals surface area contributed by atoms with Gasteiger partial charge in [-0.1, -0.05) is 125 Å². The van der Waals surface area contributed by atoms with Gasteiger partial charge in [0.1, 0.15) is 0 Å². The molecule has 0 saturated heterocycles. The third-order valence-corrected chi connectivity index (χ3v) is 11.6. The minimum Gasteiger partial charge on any atom is -0.479 e. The predicted molar refractivity (Wildman–Crippen MR) is 229 cm³/mol. The fourth-order valence-corrected chi connectivity index (χ4v) is 8.24. The Hall–Kier alpha value is -6.94. The van der Waals surface area contributed by atoms with E-state index in [2.05, 4.69) is 27.7 Å². The summed E-state index contributed by atoms with van der Waals surface area (Å²) in [6.45, 7) is 11.3. The average Bonchev–Trinajstić information content (AvgIpc) is 3.61. The molecule has 6 aromatic carbocycles. The van der Waals surface area contributed by atoms with Crippen molar-refractivity contribution in [2.45, 2.75) is 65.5 Å². The van der Waals surface area contributed by atoms with Gasteiger partial charge in [-0.3, -0.25) is 29.0 Å². The van der Waals surface area contributed by atoms with Crippen molar-refractivity contribution >= 4 is 57.1 Å². The molecule has 304 valence electrons. The van der Waals surface area contributed by atoms with Gasteiger partial charge in [-0.2, -0.15) is 0 Å². The molecule has 8 rings (SSSR count). The van der Waals surface area contributed by atoms with Crippen LogP contribution >= 0.6 is 0 Å². The Bertz CT molecular complexity index is 2440. The van der Waals surface area contributed by atoms with E-state index in [1.54, 1.807) is 48.5 Å². The fourth-order valence-electron chi connectivity index (χ4n) is 8.24. The molecule has 6 aromatic rings. The van der Waals surface area contributed by atoms with E-state index in [9.17, 15) is 39.0 Å². The van der Waals surface area contributed by atoms with Gasteiger partial charge in [0.2, 0.25) is 0 Å². The fraction of sp³-hybridized carbons (Fsp3) is 0.240. The van der Waals surface area contributed by atoms with Gasteiger partial charge in [0.15, 0.2) is 11.1 Å². The van der Waals surface area contributed by atoms with Crippen LogP contribution in [0.5, 0.6) is 0 Å². The number of rotatable bonds is 10. The number of carboxylic acid groups (broad SMARTS) is 2. The number of carboxylic acids is 2. The lowest BCUT2D eigenvalue weighted by molar-refractivity contribution is -0.148. The second kappa shape index (κ2) is 15.7. The molecular weight excluding hydrogens is 757 g/mol. The number of fused-ring (bicyclic) bond motifs is 4. The lowest BCUT2D eigenvalue weighted by Gasteiger charge is -2.33. The average molecular weight is 803 g/mol. The monoisotopic (exact) mass is 802 g/mol. The maximum Gasteiger partial charge on any atom is 0.334 e. The topological polar surface area (TPSA) is 149 Å². The number of carbonyl (C=O) groups excluding carboxylic acids is 4. The normalized spacial score (nSPS) is 15.5. The second-order valence-corrected chi connectivity index (χ2v) is 16.7. The first-order chi connectivity index (χ1) is 28.5. The number of carbonyl (C=O) groups is 6. The molecule has 2 aliphatic heterocycles. The summed E-state index contributed by atoms with van der Waals surface area (Å²) in [6.07, 6.45) is 1.73. The minimum atomic E-state index is -1.81. The molecular formula is C50H46N2O8. The molecule has 0 bridgehead atoms. The van der Waals surface area contributed by atoms with Crippen molar-refractivity contribution in [2.24, 2.45) is 11.8 Å². The number of imide groups is 2. The molecule has 0 radical (unpaired) electrons. The Balaban J connectivity index is 0.000000181. The molecule has 2 unspecified atom stereocenters. The summed E-state index contributed by atoms with van der Waals surface area (Å²) < 4.78 is 0. The van der Waals surface area contributed by atoms with Crippen LogP contribution < -0.4 is 0 Å². The first-order valence-electron chi connectivity index (χ1n) is 20.0. The van der Waals surface area contributed by atoms with Crippen molar-refractivity contribution in [3.8, 4) is 0 Å². The van der Waals surface area contributed by atoms with Gasteiger partial charge in [0.25, 0.3) is 23.6 Å². The Morgan fingerprint density at radius 2 is 0.717 bits per heavy atom. The molecule has 10 heteroatoms. The van der Waals surface area contributed by atoms with E-state index in [1.165, 1.54) is 13.8 Å². The largest absolute Gasteiger partial charge is 0.479 e. The van der Waals surface area contributed by atoms with Gasteiger partial charge in [0.05, 0.1) is 22.3 Å². The van der Waals surface area contributed by atoms with Crippen molar-refractivity contribution < 1.29 is 39.0 Å². The zero-order chi connectivity index (χ0) is 43.3. The lowest BCUT2D eigenvalue weighted by Crippen LogP contribution is -2.52. The van der Waals surface area contributed by atoms with Crippen LogP contribution in [0.15, 0.2) is 121 Å². The molecule has 0 saturated carbocycles. The Morgan fingerprint density at radius 1 is 0.467 bits per heavy atom. The SMILES string of the molecule is CC(C)Cc1ccc(C(C)(C(=O)O)N2C(=O)c3cc4ccccc4cc3C2=O)cc1.CC(C)Cc1ccc(C(C)(C(=O)O)N2C(=O)c3cc4ccccc4cc3C2=O)cc1. The number of hydrogen-bond acceptors (Lipinski definition) is 6. The molecule has 4 amide bonds. The number of nitrogens with zero attached hydrogens (tertiary/aromatic N) is 2. The zero-order valence-electron chi connectivity index (χ0n) is 34.4. The van der Waals surface area contributed by atoms with E-state index >= 15 is 0 Å². The van der Waals surface area contributed by atoms with Crippen LogP contribution in [0.1, 0.15) is 105 Å². The predicted octanol–water partition coefficient (Wildman–Crippen LogP) is 9.27. The Morgan fingerprint density at radius 3 is 0.933 bits per heavy atom. The number of hydrogen-bond donors (Lipinski definition) is 2. The highest BCUT2D eigenvalue weighted by molar-refractivity contribution is 6.26. The van der Waals surface area contributed by atoms with E-state index in [0.29, 0.717) is 23.0 Å². The smallest absolute Gasteiger partial charge is 0.334 e. The number of amides is 4. The first-order valence-corrected chi connectivity index (χ1v) is 20.0. The first kappa shape index (κ1) is 41.2. The van der Waals surface area contributed by atoms with Crippen LogP contribution in [0.3, 0.4) is 0 Å².